The molecule has 8 heteroatoms. The van der Waals surface area contributed by atoms with Crippen LogP contribution in [0.3, 0.4) is 0 Å². The van der Waals surface area contributed by atoms with Gasteiger partial charge in [-0.1, -0.05) is 6.92 Å². The third-order valence-electron chi connectivity index (χ3n) is 3.95. The second-order valence-corrected chi connectivity index (χ2v) is 5.11. The SMILES string of the molecule is CNc1nc(C2CCC2(C)C(N)=O)ncc1C(F)(F)F. The van der Waals surface area contributed by atoms with Crippen molar-refractivity contribution in [1.82, 2.24) is 9.97 Å². The van der Waals surface area contributed by atoms with E-state index in [2.05, 4.69) is 15.3 Å². The smallest absolute Gasteiger partial charge is 0.373 e. The first-order valence-electron chi connectivity index (χ1n) is 6.12. The average molecular weight is 288 g/mol. The number of carbonyl (C=O) groups excluding carboxylic acids is 1. The van der Waals surface area contributed by atoms with E-state index in [1.807, 2.05) is 0 Å². The molecule has 1 heterocycles. The molecule has 1 aliphatic carbocycles. The van der Waals surface area contributed by atoms with E-state index >= 15 is 0 Å². The Morgan fingerprint density at radius 1 is 1.55 bits per heavy atom. The summed E-state index contributed by atoms with van der Waals surface area (Å²) in [4.78, 5) is 19.1. The van der Waals surface area contributed by atoms with Gasteiger partial charge in [-0.25, -0.2) is 9.97 Å². The van der Waals surface area contributed by atoms with Crippen molar-refractivity contribution in [3.8, 4) is 0 Å². The molecule has 5 nitrogen and oxygen atoms in total. The van der Waals surface area contributed by atoms with Crippen LogP contribution < -0.4 is 11.1 Å². The van der Waals surface area contributed by atoms with E-state index in [0.717, 1.165) is 6.20 Å². The van der Waals surface area contributed by atoms with Gasteiger partial charge in [0.1, 0.15) is 17.2 Å². The third-order valence-corrected chi connectivity index (χ3v) is 3.95. The molecule has 20 heavy (non-hydrogen) atoms. The fourth-order valence-corrected chi connectivity index (χ4v) is 2.39. The van der Waals surface area contributed by atoms with Gasteiger partial charge in [0.2, 0.25) is 5.91 Å². The molecule has 0 spiro atoms. The second kappa shape index (κ2) is 4.60. The average Bonchev–Trinajstić information content (AvgIpc) is 2.34. The Morgan fingerprint density at radius 3 is 2.60 bits per heavy atom. The standard InChI is InChI=1S/C12H15F3N4O/c1-11(10(16)20)4-3-6(11)9-18-5-7(12(13,14)15)8(17-2)19-9/h5-6H,3-4H2,1-2H3,(H2,16,20)(H,17,18,19). The highest BCUT2D eigenvalue weighted by atomic mass is 19.4. The summed E-state index contributed by atoms with van der Waals surface area (Å²) in [5, 5.41) is 2.41. The summed E-state index contributed by atoms with van der Waals surface area (Å²) in [5.41, 5.74) is 3.63. The number of aromatic nitrogens is 2. The molecule has 0 aliphatic heterocycles. The number of nitrogens with zero attached hydrogens (tertiary/aromatic N) is 2. The minimum absolute atomic E-state index is 0.218. The van der Waals surface area contributed by atoms with Crippen LogP contribution in [-0.4, -0.2) is 22.9 Å². The van der Waals surface area contributed by atoms with Gasteiger partial charge in [0.15, 0.2) is 0 Å². The van der Waals surface area contributed by atoms with Gasteiger partial charge in [0, 0.05) is 19.2 Å². The van der Waals surface area contributed by atoms with Crippen LogP contribution in [0.1, 0.15) is 37.1 Å². The summed E-state index contributed by atoms with van der Waals surface area (Å²) < 4.78 is 38.3. The van der Waals surface area contributed by atoms with Crippen molar-refractivity contribution in [3.05, 3.63) is 17.6 Å². The van der Waals surface area contributed by atoms with Crippen LogP contribution in [0.15, 0.2) is 6.20 Å². The van der Waals surface area contributed by atoms with Gasteiger partial charge in [0.05, 0.1) is 5.41 Å². The molecule has 1 amide bonds. The van der Waals surface area contributed by atoms with Crippen molar-refractivity contribution in [2.24, 2.45) is 11.1 Å². The summed E-state index contributed by atoms with van der Waals surface area (Å²) >= 11 is 0. The Bertz CT molecular complexity index is 546. The van der Waals surface area contributed by atoms with Gasteiger partial charge in [-0.3, -0.25) is 4.79 Å². The van der Waals surface area contributed by atoms with Crippen molar-refractivity contribution in [2.75, 3.05) is 12.4 Å². The monoisotopic (exact) mass is 288 g/mol. The highest BCUT2D eigenvalue weighted by Crippen LogP contribution is 2.51. The summed E-state index contributed by atoms with van der Waals surface area (Å²) in [6.07, 6.45) is -2.56. The Labute approximate surface area is 113 Å². The van der Waals surface area contributed by atoms with E-state index in [4.69, 9.17) is 5.73 Å². The zero-order valence-electron chi connectivity index (χ0n) is 11.1. The largest absolute Gasteiger partial charge is 0.421 e. The minimum atomic E-state index is -4.52. The molecule has 0 saturated heterocycles. The van der Waals surface area contributed by atoms with Crippen LogP contribution >= 0.6 is 0 Å². The number of nitrogens with one attached hydrogen (secondary N) is 1. The lowest BCUT2D eigenvalue weighted by Gasteiger charge is -2.43. The predicted molar refractivity (Wildman–Crippen MR) is 65.9 cm³/mol. The van der Waals surface area contributed by atoms with Gasteiger partial charge in [-0.05, 0) is 12.8 Å². The Kier molecular flexibility index (Phi) is 3.35. The van der Waals surface area contributed by atoms with Crippen LogP contribution in [0.4, 0.5) is 19.0 Å². The molecule has 1 aromatic rings. The molecular weight excluding hydrogens is 273 g/mol. The summed E-state index contributed by atoms with van der Waals surface area (Å²) in [5.74, 6) is -0.895. The maximum Gasteiger partial charge on any atom is 0.421 e. The highest BCUT2D eigenvalue weighted by Gasteiger charge is 2.50. The van der Waals surface area contributed by atoms with Crippen LogP contribution in [0, 0.1) is 5.41 Å². The summed E-state index contributed by atoms with van der Waals surface area (Å²) in [6.45, 7) is 1.68. The molecule has 110 valence electrons. The van der Waals surface area contributed by atoms with Gasteiger partial charge in [-0.2, -0.15) is 13.2 Å². The number of amides is 1. The normalized spacial score (nSPS) is 25.9. The van der Waals surface area contributed by atoms with Gasteiger partial charge in [0.25, 0.3) is 0 Å². The zero-order valence-corrected chi connectivity index (χ0v) is 11.1. The fourth-order valence-electron chi connectivity index (χ4n) is 2.39. The number of hydrogen-bond donors (Lipinski definition) is 2. The molecule has 1 saturated carbocycles. The third kappa shape index (κ3) is 2.19. The lowest BCUT2D eigenvalue weighted by Crippen LogP contribution is -2.47. The fraction of sp³-hybridized carbons (Fsp3) is 0.583. The van der Waals surface area contributed by atoms with Crippen molar-refractivity contribution in [3.63, 3.8) is 0 Å². The highest BCUT2D eigenvalue weighted by molar-refractivity contribution is 5.82. The molecule has 2 rings (SSSR count). The number of halogens is 3. The van der Waals surface area contributed by atoms with E-state index < -0.39 is 23.1 Å². The first kappa shape index (κ1) is 14.5. The van der Waals surface area contributed by atoms with Crippen molar-refractivity contribution in [1.29, 1.82) is 0 Å². The first-order chi connectivity index (χ1) is 9.20. The number of rotatable bonds is 3. The molecule has 1 aromatic heterocycles. The van der Waals surface area contributed by atoms with Crippen molar-refractivity contribution >= 4 is 11.7 Å². The Balaban J connectivity index is 2.39. The van der Waals surface area contributed by atoms with Crippen LogP contribution in [0.5, 0.6) is 0 Å². The number of anilines is 1. The number of nitrogens with two attached hydrogens (primary N) is 1. The van der Waals surface area contributed by atoms with Gasteiger partial charge >= 0.3 is 6.18 Å². The quantitative estimate of drug-likeness (QED) is 0.890. The second-order valence-electron chi connectivity index (χ2n) is 5.11. The number of alkyl halides is 3. The molecule has 0 aromatic carbocycles. The molecule has 2 unspecified atom stereocenters. The molecule has 1 aliphatic rings. The van der Waals surface area contributed by atoms with Crippen LogP contribution in [-0.2, 0) is 11.0 Å². The summed E-state index contributed by atoms with van der Waals surface area (Å²) in [6, 6.07) is 0. The minimum Gasteiger partial charge on any atom is -0.373 e. The first-order valence-corrected chi connectivity index (χ1v) is 6.12. The van der Waals surface area contributed by atoms with Gasteiger partial charge in [-0.15, -0.1) is 0 Å². The van der Waals surface area contributed by atoms with E-state index in [0.29, 0.717) is 12.8 Å². The lowest BCUT2D eigenvalue weighted by molar-refractivity contribution is -0.137. The topological polar surface area (TPSA) is 80.9 Å². The molecule has 0 bridgehead atoms. The number of carbonyl (C=O) groups is 1. The van der Waals surface area contributed by atoms with E-state index in [9.17, 15) is 18.0 Å². The molecule has 3 N–H and O–H groups in total. The van der Waals surface area contributed by atoms with Crippen molar-refractivity contribution < 1.29 is 18.0 Å². The predicted octanol–water partition coefficient (Wildman–Crippen LogP) is 1.91. The number of primary amides is 1. The number of hydrogen-bond acceptors (Lipinski definition) is 4. The van der Waals surface area contributed by atoms with Gasteiger partial charge < -0.3 is 11.1 Å². The van der Waals surface area contributed by atoms with E-state index in [1.165, 1.54) is 7.05 Å². The molecule has 2 atom stereocenters. The Morgan fingerprint density at radius 2 is 2.20 bits per heavy atom. The van der Waals surface area contributed by atoms with E-state index in [1.54, 1.807) is 6.92 Å². The zero-order chi connectivity index (χ0) is 15.1. The van der Waals surface area contributed by atoms with E-state index in [-0.39, 0.29) is 17.6 Å². The van der Waals surface area contributed by atoms with Crippen molar-refractivity contribution in [2.45, 2.75) is 31.9 Å². The summed E-state index contributed by atoms with van der Waals surface area (Å²) in [7, 11) is 1.36. The molecule has 0 radical (unpaired) electrons. The van der Waals surface area contributed by atoms with Crippen LogP contribution in [0.25, 0.3) is 0 Å². The molecule has 1 fully saturated rings. The lowest BCUT2D eigenvalue weighted by atomic mass is 9.60. The Hall–Kier alpha value is -1.86. The maximum absolute atomic E-state index is 12.8. The maximum atomic E-state index is 12.8. The molecular formula is C12H15F3N4O. The van der Waals surface area contributed by atoms with Crippen LogP contribution in [0.2, 0.25) is 0 Å².